The highest BCUT2D eigenvalue weighted by atomic mass is 16.3. The molecule has 0 aromatic heterocycles. The van der Waals surface area contributed by atoms with E-state index in [2.05, 4.69) is 37.6 Å². The maximum atomic E-state index is 10.3. The average Bonchev–Trinajstić information content (AvgIpc) is 2.36. The highest BCUT2D eigenvalue weighted by Crippen LogP contribution is 2.32. The molecule has 1 N–H and O–H groups in total. The van der Waals surface area contributed by atoms with Crippen molar-refractivity contribution < 1.29 is 5.11 Å². The van der Waals surface area contributed by atoms with Crippen LogP contribution in [0.25, 0.3) is 0 Å². The Balaban J connectivity index is 1.89. The number of hydrogen-bond donors (Lipinski definition) is 1. The summed E-state index contributed by atoms with van der Waals surface area (Å²) in [4.78, 5) is 5.03. The Morgan fingerprint density at radius 3 is 2.58 bits per heavy atom. The second-order valence-corrected chi connectivity index (χ2v) is 7.38. The van der Waals surface area contributed by atoms with Crippen LogP contribution < -0.4 is 0 Å². The molecule has 112 valence electrons. The molecule has 1 aliphatic carbocycles. The zero-order valence-electron chi connectivity index (χ0n) is 13.2. The van der Waals surface area contributed by atoms with Gasteiger partial charge in [0.2, 0.25) is 0 Å². The highest BCUT2D eigenvalue weighted by molar-refractivity contribution is 4.90. The van der Waals surface area contributed by atoms with E-state index in [9.17, 15) is 5.11 Å². The van der Waals surface area contributed by atoms with Crippen LogP contribution in [0.3, 0.4) is 0 Å². The first-order valence-electron chi connectivity index (χ1n) is 8.04. The van der Waals surface area contributed by atoms with E-state index < -0.39 is 0 Å². The second-order valence-electron chi connectivity index (χ2n) is 7.38. The smallest absolute Gasteiger partial charge is 0.0580 e. The molecule has 1 heterocycles. The zero-order chi connectivity index (χ0) is 14.0. The largest absolute Gasteiger partial charge is 0.393 e. The minimum absolute atomic E-state index is 0.0643. The van der Waals surface area contributed by atoms with Crippen molar-refractivity contribution in [2.75, 3.05) is 33.2 Å². The van der Waals surface area contributed by atoms with Gasteiger partial charge in [-0.25, -0.2) is 0 Å². The normalized spacial score (nSPS) is 37.4. The van der Waals surface area contributed by atoms with Crippen molar-refractivity contribution in [3.8, 4) is 0 Å². The number of rotatable bonds is 3. The molecule has 3 heteroatoms. The lowest BCUT2D eigenvalue weighted by atomic mass is 9.78. The van der Waals surface area contributed by atoms with Gasteiger partial charge in [0.15, 0.2) is 0 Å². The van der Waals surface area contributed by atoms with E-state index in [0.717, 1.165) is 38.5 Å². The maximum Gasteiger partial charge on any atom is 0.0580 e. The summed E-state index contributed by atoms with van der Waals surface area (Å²) in [5.41, 5.74) is 0.266. The number of nitrogens with zero attached hydrogens (tertiary/aromatic N) is 2. The fourth-order valence-corrected chi connectivity index (χ4v) is 3.74. The summed E-state index contributed by atoms with van der Waals surface area (Å²) in [5, 5.41) is 10.3. The second kappa shape index (κ2) is 6.11. The lowest BCUT2D eigenvalue weighted by Gasteiger charge is -2.47. The molecule has 3 unspecified atom stereocenters. The molecule has 2 aliphatic rings. The van der Waals surface area contributed by atoms with Gasteiger partial charge in [-0.2, -0.15) is 0 Å². The molecular weight excluding hydrogens is 236 g/mol. The number of piperazine rings is 1. The van der Waals surface area contributed by atoms with Crippen LogP contribution in [-0.2, 0) is 0 Å². The van der Waals surface area contributed by atoms with Crippen LogP contribution in [0.15, 0.2) is 0 Å². The van der Waals surface area contributed by atoms with Gasteiger partial charge in [-0.05, 0) is 52.0 Å². The predicted molar refractivity (Wildman–Crippen MR) is 80.3 cm³/mol. The molecule has 19 heavy (non-hydrogen) atoms. The van der Waals surface area contributed by atoms with Crippen molar-refractivity contribution in [3.63, 3.8) is 0 Å². The number of aliphatic hydroxyl groups is 1. The summed E-state index contributed by atoms with van der Waals surface area (Å²) < 4.78 is 0. The number of likely N-dealkylation sites (N-methyl/N-ethyl adjacent to an activating group) is 1. The van der Waals surface area contributed by atoms with E-state index >= 15 is 0 Å². The van der Waals surface area contributed by atoms with Crippen molar-refractivity contribution in [3.05, 3.63) is 0 Å². The Morgan fingerprint density at radius 1 is 1.21 bits per heavy atom. The van der Waals surface area contributed by atoms with E-state index in [0.29, 0.717) is 5.92 Å². The zero-order valence-corrected chi connectivity index (χ0v) is 13.2. The fraction of sp³-hybridized carbons (Fsp3) is 1.00. The lowest BCUT2D eigenvalue weighted by molar-refractivity contribution is -0.00886. The quantitative estimate of drug-likeness (QED) is 0.850. The molecule has 1 saturated heterocycles. The van der Waals surface area contributed by atoms with Crippen LogP contribution in [0, 0.1) is 11.8 Å². The van der Waals surface area contributed by atoms with Gasteiger partial charge in [0, 0.05) is 31.7 Å². The number of aliphatic hydroxyl groups excluding tert-OH is 1. The van der Waals surface area contributed by atoms with Crippen molar-refractivity contribution >= 4 is 0 Å². The van der Waals surface area contributed by atoms with Crippen molar-refractivity contribution in [1.29, 1.82) is 0 Å². The van der Waals surface area contributed by atoms with Crippen LogP contribution in [0.2, 0.25) is 0 Å². The van der Waals surface area contributed by atoms with Crippen molar-refractivity contribution in [2.24, 2.45) is 11.8 Å². The van der Waals surface area contributed by atoms with E-state index in [-0.39, 0.29) is 11.6 Å². The van der Waals surface area contributed by atoms with E-state index in [1.54, 1.807) is 0 Å². The lowest BCUT2D eigenvalue weighted by Crippen LogP contribution is -2.58. The van der Waals surface area contributed by atoms with Crippen LogP contribution in [0.5, 0.6) is 0 Å². The summed E-state index contributed by atoms with van der Waals surface area (Å²) >= 11 is 0. The molecule has 1 saturated carbocycles. The first-order valence-corrected chi connectivity index (χ1v) is 8.04. The van der Waals surface area contributed by atoms with Gasteiger partial charge in [-0.3, -0.25) is 9.80 Å². The molecule has 2 fully saturated rings. The van der Waals surface area contributed by atoms with Gasteiger partial charge < -0.3 is 5.11 Å². The van der Waals surface area contributed by atoms with Crippen LogP contribution >= 0.6 is 0 Å². The third kappa shape index (κ3) is 3.71. The molecule has 1 aliphatic heterocycles. The summed E-state index contributed by atoms with van der Waals surface area (Å²) in [6.45, 7) is 11.5. The van der Waals surface area contributed by atoms with Crippen LogP contribution in [0.4, 0.5) is 0 Å². The highest BCUT2D eigenvalue weighted by Gasteiger charge is 2.34. The molecule has 0 spiro atoms. The van der Waals surface area contributed by atoms with Crippen molar-refractivity contribution in [2.45, 2.75) is 58.1 Å². The fourth-order valence-electron chi connectivity index (χ4n) is 3.74. The first kappa shape index (κ1) is 15.3. The Labute approximate surface area is 119 Å². The van der Waals surface area contributed by atoms with Gasteiger partial charge in [-0.15, -0.1) is 0 Å². The SMILES string of the molecule is CCC1CCC(O)C(CN2CCN(C)C(C)(C)C2)C1. The van der Waals surface area contributed by atoms with Crippen molar-refractivity contribution in [1.82, 2.24) is 9.80 Å². The molecule has 0 bridgehead atoms. The van der Waals surface area contributed by atoms with Gasteiger partial charge in [-0.1, -0.05) is 13.3 Å². The Bertz CT molecular complexity index is 292. The summed E-state index contributed by atoms with van der Waals surface area (Å²) in [7, 11) is 2.22. The van der Waals surface area contributed by atoms with E-state index in [1.165, 1.54) is 19.3 Å². The molecule has 0 aromatic rings. The van der Waals surface area contributed by atoms with Gasteiger partial charge >= 0.3 is 0 Å². The molecule has 0 aromatic carbocycles. The minimum atomic E-state index is -0.0643. The average molecular weight is 268 g/mol. The molecule has 3 nitrogen and oxygen atoms in total. The number of hydrogen-bond acceptors (Lipinski definition) is 3. The van der Waals surface area contributed by atoms with Gasteiger partial charge in [0.1, 0.15) is 0 Å². The summed E-state index contributed by atoms with van der Waals surface area (Å²) in [6, 6.07) is 0. The van der Waals surface area contributed by atoms with Crippen LogP contribution in [0.1, 0.15) is 46.5 Å². The van der Waals surface area contributed by atoms with Gasteiger partial charge in [0.05, 0.1) is 6.10 Å². The minimum Gasteiger partial charge on any atom is -0.393 e. The predicted octanol–water partition coefficient (Wildman–Crippen LogP) is 2.20. The summed E-state index contributed by atoms with van der Waals surface area (Å²) in [5.74, 6) is 1.34. The first-order chi connectivity index (χ1) is 8.92. The van der Waals surface area contributed by atoms with Gasteiger partial charge in [0.25, 0.3) is 0 Å². The summed E-state index contributed by atoms with van der Waals surface area (Å²) in [6.07, 6.45) is 4.68. The molecule has 0 radical (unpaired) electrons. The van der Waals surface area contributed by atoms with E-state index in [4.69, 9.17) is 0 Å². The molecule has 2 rings (SSSR count). The third-order valence-electron chi connectivity index (χ3n) is 5.52. The monoisotopic (exact) mass is 268 g/mol. The Hall–Kier alpha value is -0.120. The Morgan fingerprint density at radius 2 is 1.95 bits per heavy atom. The maximum absolute atomic E-state index is 10.3. The molecule has 0 amide bonds. The molecule has 3 atom stereocenters. The van der Waals surface area contributed by atoms with E-state index in [1.807, 2.05) is 0 Å². The molecular formula is C16H32N2O. The standard InChI is InChI=1S/C16H32N2O/c1-5-13-6-7-15(19)14(10-13)11-18-9-8-17(4)16(2,3)12-18/h13-15,19H,5-12H2,1-4H3. The van der Waals surface area contributed by atoms with Crippen LogP contribution in [-0.4, -0.2) is 59.8 Å². The Kier molecular flexibility index (Phi) is 4.91. The third-order valence-corrected chi connectivity index (χ3v) is 5.52. The topological polar surface area (TPSA) is 26.7 Å².